The molecule has 2 aromatic rings. The summed E-state index contributed by atoms with van der Waals surface area (Å²) in [6.07, 6.45) is 3.33. The van der Waals surface area contributed by atoms with Gasteiger partial charge in [0, 0.05) is 18.9 Å². The molecule has 112 valence electrons. The monoisotopic (exact) mass is 305 g/mol. The molecule has 3 N–H and O–H groups in total. The Morgan fingerprint density at radius 2 is 1.81 bits per heavy atom. The summed E-state index contributed by atoms with van der Waals surface area (Å²) in [4.78, 5) is 4.12. The highest BCUT2D eigenvalue weighted by Gasteiger charge is 2.18. The average molecular weight is 305 g/mol. The number of pyridine rings is 1. The van der Waals surface area contributed by atoms with E-state index in [2.05, 4.69) is 9.71 Å². The zero-order valence-corrected chi connectivity index (χ0v) is 13.2. The molecule has 1 heterocycles. The molecule has 0 aliphatic carbocycles. The maximum atomic E-state index is 12.4. The summed E-state index contributed by atoms with van der Waals surface area (Å²) in [7, 11) is -3.65. The summed E-state index contributed by atoms with van der Waals surface area (Å²) < 4.78 is 27.4. The van der Waals surface area contributed by atoms with Gasteiger partial charge >= 0.3 is 0 Å². The van der Waals surface area contributed by atoms with E-state index in [0.717, 1.165) is 22.3 Å². The van der Waals surface area contributed by atoms with Crippen molar-refractivity contribution in [3.05, 3.63) is 52.8 Å². The molecule has 1 aromatic heterocycles. The number of nitrogens with two attached hydrogens (primary N) is 1. The van der Waals surface area contributed by atoms with E-state index in [1.807, 2.05) is 26.8 Å². The molecule has 1 aromatic carbocycles. The SMILES string of the molecule is Cc1cc(N)c(S(=O)(=O)NCc2cnccc2C)cc1C. The first kappa shape index (κ1) is 15.5. The van der Waals surface area contributed by atoms with Gasteiger partial charge in [0.2, 0.25) is 10.0 Å². The molecule has 21 heavy (non-hydrogen) atoms. The Morgan fingerprint density at radius 1 is 1.14 bits per heavy atom. The van der Waals surface area contributed by atoms with E-state index in [0.29, 0.717) is 0 Å². The topological polar surface area (TPSA) is 85.1 Å². The molecular weight excluding hydrogens is 286 g/mol. The van der Waals surface area contributed by atoms with E-state index < -0.39 is 10.0 Å². The van der Waals surface area contributed by atoms with Crippen LogP contribution in [-0.2, 0) is 16.6 Å². The van der Waals surface area contributed by atoms with E-state index >= 15 is 0 Å². The summed E-state index contributed by atoms with van der Waals surface area (Å²) in [6.45, 7) is 5.86. The first-order valence-corrected chi connectivity index (χ1v) is 8.05. The first-order valence-electron chi connectivity index (χ1n) is 6.57. The van der Waals surface area contributed by atoms with Gasteiger partial charge in [-0.25, -0.2) is 13.1 Å². The van der Waals surface area contributed by atoms with Gasteiger partial charge in [-0.2, -0.15) is 0 Å². The number of hydrogen-bond donors (Lipinski definition) is 2. The van der Waals surface area contributed by atoms with Gasteiger partial charge in [-0.15, -0.1) is 0 Å². The Labute approximate surface area is 125 Å². The first-order chi connectivity index (χ1) is 9.81. The minimum absolute atomic E-state index is 0.118. The Hall–Kier alpha value is -1.92. The zero-order valence-electron chi connectivity index (χ0n) is 12.3. The molecular formula is C15H19N3O2S. The van der Waals surface area contributed by atoms with Crippen LogP contribution in [0.3, 0.4) is 0 Å². The van der Waals surface area contributed by atoms with Crippen LogP contribution in [-0.4, -0.2) is 13.4 Å². The molecule has 0 radical (unpaired) electrons. The molecule has 0 unspecified atom stereocenters. The molecule has 0 atom stereocenters. The van der Waals surface area contributed by atoms with Crippen LogP contribution in [0.1, 0.15) is 22.3 Å². The number of rotatable bonds is 4. The third kappa shape index (κ3) is 3.40. The van der Waals surface area contributed by atoms with Crippen LogP contribution in [0.15, 0.2) is 35.5 Å². The largest absolute Gasteiger partial charge is 0.398 e. The molecule has 2 rings (SSSR count). The fourth-order valence-electron chi connectivity index (χ4n) is 1.98. The molecule has 0 fully saturated rings. The standard InChI is InChI=1S/C15H19N3O2S/c1-10-4-5-17-8-13(10)9-18-21(19,20)15-7-12(3)11(2)6-14(15)16/h4-8,18H,9,16H2,1-3H3. The molecule has 0 aliphatic heterocycles. The highest BCUT2D eigenvalue weighted by molar-refractivity contribution is 7.89. The number of sulfonamides is 1. The van der Waals surface area contributed by atoms with Crippen LogP contribution < -0.4 is 10.5 Å². The Balaban J connectivity index is 2.27. The number of nitrogen functional groups attached to an aromatic ring is 1. The van der Waals surface area contributed by atoms with Crippen molar-refractivity contribution in [2.24, 2.45) is 0 Å². The molecule has 0 spiro atoms. The van der Waals surface area contributed by atoms with Crippen molar-refractivity contribution in [2.45, 2.75) is 32.2 Å². The predicted molar refractivity (Wildman–Crippen MR) is 83.3 cm³/mol. The minimum atomic E-state index is -3.65. The van der Waals surface area contributed by atoms with Crippen LogP contribution in [0, 0.1) is 20.8 Å². The Kier molecular flexibility index (Phi) is 4.29. The number of nitrogens with zero attached hydrogens (tertiary/aromatic N) is 1. The summed E-state index contributed by atoms with van der Waals surface area (Å²) >= 11 is 0. The number of aromatic nitrogens is 1. The van der Waals surface area contributed by atoms with E-state index in [1.54, 1.807) is 24.5 Å². The van der Waals surface area contributed by atoms with Crippen LogP contribution in [0.2, 0.25) is 0 Å². The predicted octanol–water partition coefficient (Wildman–Crippen LogP) is 2.07. The van der Waals surface area contributed by atoms with Crippen molar-refractivity contribution in [1.29, 1.82) is 0 Å². The van der Waals surface area contributed by atoms with Crippen molar-refractivity contribution < 1.29 is 8.42 Å². The van der Waals surface area contributed by atoms with Gasteiger partial charge in [0.1, 0.15) is 4.90 Å². The van der Waals surface area contributed by atoms with Gasteiger partial charge in [0.05, 0.1) is 5.69 Å². The lowest BCUT2D eigenvalue weighted by atomic mass is 10.1. The molecule has 0 bridgehead atoms. The van der Waals surface area contributed by atoms with E-state index in [4.69, 9.17) is 5.73 Å². The molecule has 0 amide bonds. The maximum Gasteiger partial charge on any atom is 0.242 e. The number of anilines is 1. The van der Waals surface area contributed by atoms with Crippen molar-refractivity contribution >= 4 is 15.7 Å². The zero-order chi connectivity index (χ0) is 15.6. The lowest BCUT2D eigenvalue weighted by Gasteiger charge is -2.12. The van der Waals surface area contributed by atoms with Crippen molar-refractivity contribution in [2.75, 3.05) is 5.73 Å². The number of benzene rings is 1. The van der Waals surface area contributed by atoms with Gasteiger partial charge in [-0.1, -0.05) is 0 Å². The van der Waals surface area contributed by atoms with E-state index in [-0.39, 0.29) is 17.1 Å². The van der Waals surface area contributed by atoms with Crippen molar-refractivity contribution in [3.8, 4) is 0 Å². The fourth-order valence-corrected chi connectivity index (χ4v) is 3.18. The lowest BCUT2D eigenvalue weighted by Crippen LogP contribution is -2.24. The van der Waals surface area contributed by atoms with Crippen LogP contribution in [0.25, 0.3) is 0 Å². The highest BCUT2D eigenvalue weighted by Crippen LogP contribution is 2.22. The molecule has 6 heteroatoms. The van der Waals surface area contributed by atoms with Crippen LogP contribution >= 0.6 is 0 Å². The van der Waals surface area contributed by atoms with E-state index in [9.17, 15) is 8.42 Å². The third-order valence-corrected chi connectivity index (χ3v) is 4.97. The van der Waals surface area contributed by atoms with Crippen molar-refractivity contribution in [1.82, 2.24) is 9.71 Å². The molecule has 0 aliphatic rings. The summed E-state index contributed by atoms with van der Waals surface area (Å²) in [5.74, 6) is 0. The van der Waals surface area contributed by atoms with Gasteiger partial charge < -0.3 is 5.73 Å². The minimum Gasteiger partial charge on any atom is -0.398 e. The van der Waals surface area contributed by atoms with Gasteiger partial charge in [0.15, 0.2) is 0 Å². The second kappa shape index (κ2) is 5.83. The quantitative estimate of drug-likeness (QED) is 0.847. The maximum absolute atomic E-state index is 12.4. The summed E-state index contributed by atoms with van der Waals surface area (Å²) in [5, 5.41) is 0. The smallest absolute Gasteiger partial charge is 0.242 e. The Morgan fingerprint density at radius 3 is 2.48 bits per heavy atom. The average Bonchev–Trinajstić information content (AvgIpc) is 2.42. The van der Waals surface area contributed by atoms with Gasteiger partial charge in [0.25, 0.3) is 0 Å². The third-order valence-electron chi connectivity index (χ3n) is 3.52. The molecule has 0 saturated carbocycles. The number of nitrogens with one attached hydrogen (secondary N) is 1. The van der Waals surface area contributed by atoms with Gasteiger partial charge in [-0.05, 0) is 61.2 Å². The lowest BCUT2D eigenvalue weighted by molar-refractivity contribution is 0.581. The number of hydrogen-bond acceptors (Lipinski definition) is 4. The molecule has 5 nitrogen and oxygen atoms in total. The van der Waals surface area contributed by atoms with E-state index in [1.165, 1.54) is 0 Å². The normalized spacial score (nSPS) is 11.6. The van der Waals surface area contributed by atoms with Crippen LogP contribution in [0.5, 0.6) is 0 Å². The Bertz CT molecular complexity index is 770. The van der Waals surface area contributed by atoms with Crippen LogP contribution in [0.4, 0.5) is 5.69 Å². The highest BCUT2D eigenvalue weighted by atomic mass is 32.2. The summed E-state index contributed by atoms with van der Waals surface area (Å²) in [6, 6.07) is 5.12. The van der Waals surface area contributed by atoms with Crippen molar-refractivity contribution in [3.63, 3.8) is 0 Å². The number of aryl methyl sites for hydroxylation is 3. The van der Waals surface area contributed by atoms with Gasteiger partial charge in [-0.3, -0.25) is 4.98 Å². The molecule has 0 saturated heterocycles. The fraction of sp³-hybridized carbons (Fsp3) is 0.267. The summed E-state index contributed by atoms with van der Waals surface area (Å²) in [5.41, 5.74) is 9.78. The second-order valence-corrected chi connectivity index (χ2v) is 6.84. The second-order valence-electron chi connectivity index (χ2n) is 5.10.